The number of anilines is 1. The normalized spacial score (nSPS) is 15.6. The van der Waals surface area contributed by atoms with Gasteiger partial charge in [0.15, 0.2) is 5.72 Å². The molecule has 0 bridgehead atoms. The molecule has 1 saturated heterocycles. The zero-order valence-corrected chi connectivity index (χ0v) is 20.0. The lowest BCUT2D eigenvalue weighted by Gasteiger charge is -2.28. The minimum atomic E-state index is -2.23. The van der Waals surface area contributed by atoms with Crippen LogP contribution in [0.25, 0.3) is 16.3 Å². The van der Waals surface area contributed by atoms with Crippen molar-refractivity contribution in [2.24, 2.45) is 5.11 Å². The smallest absolute Gasteiger partial charge is 0.273 e. The van der Waals surface area contributed by atoms with Crippen molar-refractivity contribution >= 4 is 23.5 Å². The first-order valence-corrected chi connectivity index (χ1v) is 11.4. The van der Waals surface area contributed by atoms with E-state index in [1.54, 1.807) is 10.8 Å². The average Bonchev–Trinajstić information content (AvgIpc) is 3.34. The van der Waals surface area contributed by atoms with E-state index in [0.29, 0.717) is 25.0 Å². The number of azide groups is 1. The van der Waals surface area contributed by atoms with Crippen LogP contribution in [0, 0.1) is 12.7 Å². The van der Waals surface area contributed by atoms with E-state index in [0.717, 1.165) is 30.5 Å². The molecular weight excluding hydrogens is 493 g/mol. The van der Waals surface area contributed by atoms with Gasteiger partial charge < -0.3 is 20.5 Å². The first-order chi connectivity index (χ1) is 17.3. The van der Waals surface area contributed by atoms with Gasteiger partial charge in [-0.25, -0.2) is 14.4 Å². The number of aliphatic hydroxyl groups is 1. The molecule has 14 heteroatoms. The van der Waals surface area contributed by atoms with Crippen LogP contribution in [0.15, 0.2) is 42.0 Å². The van der Waals surface area contributed by atoms with Crippen LogP contribution in [0.1, 0.15) is 34.5 Å². The van der Waals surface area contributed by atoms with Crippen LogP contribution in [0.4, 0.5) is 10.3 Å². The van der Waals surface area contributed by atoms with E-state index in [4.69, 9.17) is 21.9 Å². The SMILES string of the molecule is Cc1cnc(NC2CCOCC2)nc1-n1cnc(C(=O)NC(O)(CN=[N+]=[N-])c2cc(F)cc(Cl)c2)c1. The molecule has 0 spiro atoms. The molecule has 1 aromatic carbocycles. The lowest BCUT2D eigenvalue weighted by Crippen LogP contribution is -2.48. The van der Waals surface area contributed by atoms with E-state index in [1.165, 1.54) is 18.6 Å². The van der Waals surface area contributed by atoms with Crippen LogP contribution in [0.5, 0.6) is 0 Å². The van der Waals surface area contributed by atoms with Crippen LogP contribution < -0.4 is 10.6 Å². The van der Waals surface area contributed by atoms with E-state index in [-0.39, 0.29) is 22.3 Å². The molecule has 0 saturated carbocycles. The molecule has 1 fully saturated rings. The highest BCUT2D eigenvalue weighted by Crippen LogP contribution is 2.25. The minimum Gasteiger partial charge on any atom is -0.381 e. The van der Waals surface area contributed by atoms with Gasteiger partial charge in [0.1, 0.15) is 23.7 Å². The zero-order valence-electron chi connectivity index (χ0n) is 19.2. The number of aromatic nitrogens is 4. The van der Waals surface area contributed by atoms with Crippen LogP contribution >= 0.6 is 11.6 Å². The Labute approximate surface area is 210 Å². The molecule has 4 rings (SSSR count). The molecular formula is C22H23ClFN9O3. The van der Waals surface area contributed by atoms with E-state index in [9.17, 15) is 14.3 Å². The second kappa shape index (κ2) is 10.9. The number of imidazole rings is 1. The summed E-state index contributed by atoms with van der Waals surface area (Å²) in [5, 5.41) is 20.0. The van der Waals surface area contributed by atoms with Crippen LogP contribution in [0.2, 0.25) is 5.02 Å². The fourth-order valence-electron chi connectivity index (χ4n) is 3.73. The van der Waals surface area contributed by atoms with Gasteiger partial charge in [-0.05, 0) is 43.5 Å². The second-order valence-electron chi connectivity index (χ2n) is 8.26. The summed E-state index contributed by atoms with van der Waals surface area (Å²) in [4.78, 5) is 28.6. The lowest BCUT2D eigenvalue weighted by atomic mass is 10.0. The molecule has 1 unspecified atom stereocenters. The predicted octanol–water partition coefficient (Wildman–Crippen LogP) is 3.24. The summed E-state index contributed by atoms with van der Waals surface area (Å²) < 4.78 is 20.8. The van der Waals surface area contributed by atoms with Gasteiger partial charge in [0.05, 0.1) is 6.54 Å². The fourth-order valence-corrected chi connectivity index (χ4v) is 3.95. The summed E-state index contributed by atoms with van der Waals surface area (Å²) in [7, 11) is 0. The zero-order chi connectivity index (χ0) is 25.7. The second-order valence-corrected chi connectivity index (χ2v) is 8.70. The van der Waals surface area contributed by atoms with E-state index >= 15 is 0 Å². The Bertz CT molecular complexity index is 1290. The number of nitrogens with zero attached hydrogens (tertiary/aromatic N) is 7. The minimum absolute atomic E-state index is 0.00714. The van der Waals surface area contributed by atoms with Gasteiger partial charge in [-0.2, -0.15) is 4.98 Å². The van der Waals surface area contributed by atoms with Crippen LogP contribution in [-0.4, -0.2) is 56.3 Å². The third kappa shape index (κ3) is 5.89. The number of carbonyl (C=O) groups excluding carboxylic acids is 1. The molecule has 3 N–H and O–H groups in total. The first kappa shape index (κ1) is 25.3. The van der Waals surface area contributed by atoms with Crippen molar-refractivity contribution < 1.29 is 19.0 Å². The summed E-state index contributed by atoms with van der Waals surface area (Å²) in [5.41, 5.74) is 7.07. The summed E-state index contributed by atoms with van der Waals surface area (Å²) >= 11 is 5.90. The predicted molar refractivity (Wildman–Crippen MR) is 128 cm³/mol. The first-order valence-electron chi connectivity index (χ1n) is 11.0. The van der Waals surface area contributed by atoms with E-state index in [1.807, 2.05) is 6.92 Å². The van der Waals surface area contributed by atoms with E-state index in [2.05, 4.69) is 35.6 Å². The maximum Gasteiger partial charge on any atom is 0.273 e. The van der Waals surface area contributed by atoms with Crippen molar-refractivity contribution in [1.82, 2.24) is 24.8 Å². The number of benzene rings is 1. The number of rotatable bonds is 8. The summed E-state index contributed by atoms with van der Waals surface area (Å²) in [5.74, 6) is -0.585. The maximum atomic E-state index is 13.9. The molecule has 3 heterocycles. The Balaban J connectivity index is 1.56. The average molecular weight is 516 g/mol. The van der Waals surface area contributed by atoms with Crippen molar-refractivity contribution in [3.63, 3.8) is 0 Å². The summed E-state index contributed by atoms with van der Waals surface area (Å²) in [6.45, 7) is 2.55. The Hall–Kier alpha value is -3.77. The molecule has 12 nitrogen and oxygen atoms in total. The summed E-state index contributed by atoms with van der Waals surface area (Å²) in [6.07, 6.45) is 6.17. The molecule has 1 amide bonds. The highest BCUT2D eigenvalue weighted by atomic mass is 35.5. The Morgan fingerprint density at radius 2 is 2.17 bits per heavy atom. The molecule has 1 atom stereocenters. The largest absolute Gasteiger partial charge is 0.381 e. The van der Waals surface area contributed by atoms with Gasteiger partial charge in [0, 0.05) is 52.7 Å². The Kier molecular flexibility index (Phi) is 7.65. The lowest BCUT2D eigenvalue weighted by molar-refractivity contribution is 0.0107. The van der Waals surface area contributed by atoms with Gasteiger partial charge in [-0.1, -0.05) is 16.7 Å². The Morgan fingerprint density at radius 3 is 2.89 bits per heavy atom. The standard InChI is InChI=1S/C22H23ClFN9O3/c1-13-9-26-21(29-17-2-4-36-5-3-17)30-19(13)33-10-18(27-12-33)20(34)31-22(35,11-28-32-25)14-6-15(23)8-16(24)7-14/h6-10,12,17,35H,2-5,11H2,1H3,(H,31,34)(H,26,29,30). The highest BCUT2D eigenvalue weighted by molar-refractivity contribution is 6.30. The van der Waals surface area contributed by atoms with Gasteiger partial charge in [0.2, 0.25) is 5.95 Å². The molecule has 1 aliphatic rings. The summed E-state index contributed by atoms with van der Waals surface area (Å²) in [6, 6.07) is 3.48. The number of hydrogen-bond donors (Lipinski definition) is 3. The van der Waals surface area contributed by atoms with Gasteiger partial charge in [-0.3, -0.25) is 9.36 Å². The van der Waals surface area contributed by atoms with Crippen LogP contribution in [0.3, 0.4) is 0 Å². The van der Waals surface area contributed by atoms with Crippen molar-refractivity contribution in [2.45, 2.75) is 31.5 Å². The number of nitrogens with one attached hydrogen (secondary N) is 2. The third-order valence-corrected chi connectivity index (χ3v) is 5.80. The quantitative estimate of drug-likeness (QED) is 0.179. The number of carbonyl (C=O) groups is 1. The van der Waals surface area contributed by atoms with Crippen LogP contribution in [-0.2, 0) is 10.5 Å². The van der Waals surface area contributed by atoms with E-state index < -0.39 is 24.0 Å². The molecule has 0 radical (unpaired) electrons. The van der Waals surface area contributed by atoms with Crippen molar-refractivity contribution in [3.8, 4) is 5.82 Å². The maximum absolute atomic E-state index is 13.9. The molecule has 2 aromatic heterocycles. The molecule has 0 aliphatic carbocycles. The van der Waals surface area contributed by atoms with Gasteiger partial charge in [-0.15, -0.1) is 0 Å². The number of amides is 1. The number of halogens is 2. The highest BCUT2D eigenvalue weighted by Gasteiger charge is 2.32. The number of ether oxygens (including phenoxy) is 1. The molecule has 188 valence electrons. The van der Waals surface area contributed by atoms with Gasteiger partial charge >= 0.3 is 0 Å². The number of hydrogen-bond acceptors (Lipinski definition) is 8. The van der Waals surface area contributed by atoms with Crippen molar-refractivity contribution in [3.05, 3.63) is 75.0 Å². The topological polar surface area (TPSA) is 163 Å². The van der Waals surface area contributed by atoms with Crippen molar-refractivity contribution in [2.75, 3.05) is 25.1 Å². The monoisotopic (exact) mass is 515 g/mol. The fraction of sp³-hybridized carbons (Fsp3) is 0.364. The van der Waals surface area contributed by atoms with Crippen molar-refractivity contribution in [1.29, 1.82) is 0 Å². The third-order valence-electron chi connectivity index (χ3n) is 5.58. The molecule has 1 aliphatic heterocycles. The number of aryl methyl sites for hydroxylation is 1. The van der Waals surface area contributed by atoms with Gasteiger partial charge in [0.25, 0.3) is 5.91 Å². The molecule has 3 aromatic rings. The Morgan fingerprint density at radius 1 is 1.39 bits per heavy atom. The molecule has 36 heavy (non-hydrogen) atoms.